The van der Waals surface area contributed by atoms with Gasteiger partial charge >= 0.3 is 0 Å². The molecule has 2 N–H and O–H groups in total. The maximum Gasteiger partial charge on any atom is 0.146 e. The van der Waals surface area contributed by atoms with Gasteiger partial charge in [0.25, 0.3) is 0 Å². The van der Waals surface area contributed by atoms with Crippen LogP contribution in [0.25, 0.3) is 0 Å². The van der Waals surface area contributed by atoms with Gasteiger partial charge in [0.05, 0.1) is 11.8 Å². The molecule has 1 unspecified atom stereocenters. The number of nitrogens with zero attached hydrogens (tertiary/aromatic N) is 1. The van der Waals surface area contributed by atoms with Gasteiger partial charge in [-0.1, -0.05) is 19.9 Å². The minimum absolute atomic E-state index is 0.145. The van der Waals surface area contributed by atoms with Crippen LogP contribution in [0, 0.1) is 11.7 Å². The molecule has 1 fully saturated rings. The van der Waals surface area contributed by atoms with E-state index in [1.807, 2.05) is 19.1 Å². The Balaban J connectivity index is 1.98. The Bertz CT molecular complexity index is 454. The lowest BCUT2D eigenvalue weighted by Crippen LogP contribution is -2.37. The fourth-order valence-electron chi connectivity index (χ4n) is 2.86. The van der Waals surface area contributed by atoms with E-state index in [1.165, 1.54) is 0 Å². The lowest BCUT2D eigenvalue weighted by molar-refractivity contribution is 0.110. The smallest absolute Gasteiger partial charge is 0.146 e. The second kappa shape index (κ2) is 7.23. The molecular formula is C17H27FN2O. The monoisotopic (exact) mass is 294 g/mol. The quantitative estimate of drug-likeness (QED) is 0.876. The van der Waals surface area contributed by atoms with Crippen molar-refractivity contribution in [1.29, 1.82) is 0 Å². The molecule has 1 aromatic rings. The Kier molecular flexibility index (Phi) is 5.59. The second-order valence-electron chi connectivity index (χ2n) is 6.39. The van der Waals surface area contributed by atoms with Crippen LogP contribution in [0.2, 0.25) is 0 Å². The van der Waals surface area contributed by atoms with Gasteiger partial charge in [0.2, 0.25) is 0 Å². The molecule has 0 radical (unpaired) electrons. The molecule has 118 valence electrons. The van der Waals surface area contributed by atoms with Crippen molar-refractivity contribution in [1.82, 2.24) is 5.32 Å². The average molecular weight is 294 g/mol. The van der Waals surface area contributed by atoms with Crippen molar-refractivity contribution >= 4 is 5.69 Å². The molecule has 3 nitrogen and oxygen atoms in total. The summed E-state index contributed by atoms with van der Waals surface area (Å²) in [7, 11) is 0. The van der Waals surface area contributed by atoms with Crippen LogP contribution in [0.3, 0.4) is 0 Å². The van der Waals surface area contributed by atoms with Gasteiger partial charge in [-0.25, -0.2) is 4.39 Å². The molecule has 1 aliphatic heterocycles. The van der Waals surface area contributed by atoms with Crippen LogP contribution in [0.5, 0.6) is 0 Å². The summed E-state index contributed by atoms with van der Waals surface area (Å²) in [6.45, 7) is 8.33. The van der Waals surface area contributed by atoms with E-state index in [0.717, 1.165) is 31.5 Å². The van der Waals surface area contributed by atoms with Gasteiger partial charge in [-0.2, -0.15) is 0 Å². The molecule has 1 aromatic carbocycles. The standard InChI is InChI=1S/C17H27FN2O/c1-12(2)19-11-14-4-5-17(16(18)10-14)20-8-6-15(7-9-20)13(3)21/h4-5,10,12-13,15,19,21H,6-9,11H2,1-3H3. The number of benzene rings is 1. The maximum absolute atomic E-state index is 14.3. The van der Waals surface area contributed by atoms with Gasteiger partial charge in [0.15, 0.2) is 0 Å². The lowest BCUT2D eigenvalue weighted by Gasteiger charge is -2.35. The summed E-state index contributed by atoms with van der Waals surface area (Å²) in [6.07, 6.45) is 1.59. The van der Waals surface area contributed by atoms with E-state index >= 15 is 0 Å². The first-order valence-corrected chi connectivity index (χ1v) is 7.92. The maximum atomic E-state index is 14.3. The second-order valence-corrected chi connectivity index (χ2v) is 6.39. The number of aliphatic hydroxyl groups is 1. The zero-order chi connectivity index (χ0) is 15.4. The number of piperidine rings is 1. The van der Waals surface area contributed by atoms with E-state index in [1.54, 1.807) is 6.07 Å². The number of hydrogen-bond acceptors (Lipinski definition) is 3. The van der Waals surface area contributed by atoms with Gasteiger partial charge in [-0.15, -0.1) is 0 Å². The van der Waals surface area contributed by atoms with Crippen molar-refractivity contribution in [2.45, 2.75) is 52.3 Å². The molecule has 1 aliphatic rings. The normalized spacial score (nSPS) is 18.3. The summed E-state index contributed by atoms with van der Waals surface area (Å²) < 4.78 is 14.3. The molecule has 0 bridgehead atoms. The van der Waals surface area contributed by atoms with E-state index < -0.39 is 0 Å². The average Bonchev–Trinajstić information content (AvgIpc) is 2.45. The van der Waals surface area contributed by atoms with E-state index in [-0.39, 0.29) is 11.9 Å². The van der Waals surface area contributed by atoms with Crippen molar-refractivity contribution in [3.8, 4) is 0 Å². The Morgan fingerprint density at radius 1 is 1.29 bits per heavy atom. The Morgan fingerprint density at radius 2 is 1.95 bits per heavy atom. The summed E-state index contributed by atoms with van der Waals surface area (Å²) in [5.41, 5.74) is 1.66. The summed E-state index contributed by atoms with van der Waals surface area (Å²) in [4.78, 5) is 2.09. The van der Waals surface area contributed by atoms with E-state index in [0.29, 0.717) is 24.2 Å². The zero-order valence-electron chi connectivity index (χ0n) is 13.3. The fourth-order valence-corrected chi connectivity index (χ4v) is 2.86. The van der Waals surface area contributed by atoms with Crippen LogP contribution in [-0.4, -0.2) is 30.3 Å². The number of aliphatic hydroxyl groups excluding tert-OH is 1. The van der Waals surface area contributed by atoms with Gasteiger partial charge in [-0.05, 0) is 43.4 Å². The highest BCUT2D eigenvalue weighted by atomic mass is 19.1. The molecule has 2 rings (SSSR count). The largest absolute Gasteiger partial charge is 0.393 e. The zero-order valence-corrected chi connectivity index (χ0v) is 13.3. The molecular weight excluding hydrogens is 267 g/mol. The SMILES string of the molecule is CC(C)NCc1ccc(N2CCC(C(C)O)CC2)c(F)c1. The van der Waals surface area contributed by atoms with E-state index in [2.05, 4.69) is 24.1 Å². The molecule has 4 heteroatoms. The molecule has 1 atom stereocenters. The van der Waals surface area contributed by atoms with Gasteiger partial charge < -0.3 is 15.3 Å². The third-order valence-electron chi connectivity index (χ3n) is 4.29. The Hall–Kier alpha value is -1.13. The summed E-state index contributed by atoms with van der Waals surface area (Å²) >= 11 is 0. The summed E-state index contributed by atoms with van der Waals surface area (Å²) in [5, 5.41) is 12.9. The van der Waals surface area contributed by atoms with Crippen LogP contribution >= 0.6 is 0 Å². The van der Waals surface area contributed by atoms with E-state index in [4.69, 9.17) is 0 Å². The van der Waals surface area contributed by atoms with Crippen LogP contribution in [0.15, 0.2) is 18.2 Å². The van der Waals surface area contributed by atoms with Crippen molar-refractivity contribution in [2.75, 3.05) is 18.0 Å². The molecule has 0 aromatic heterocycles. The topological polar surface area (TPSA) is 35.5 Å². The highest BCUT2D eigenvalue weighted by molar-refractivity contribution is 5.49. The molecule has 21 heavy (non-hydrogen) atoms. The first-order valence-electron chi connectivity index (χ1n) is 7.92. The molecule has 0 aliphatic carbocycles. The Labute approximate surface area is 127 Å². The third kappa shape index (κ3) is 4.42. The third-order valence-corrected chi connectivity index (χ3v) is 4.29. The van der Waals surface area contributed by atoms with Crippen molar-refractivity contribution < 1.29 is 9.50 Å². The minimum atomic E-state index is -0.263. The highest BCUT2D eigenvalue weighted by Crippen LogP contribution is 2.27. The first-order chi connectivity index (χ1) is 9.97. The fraction of sp³-hybridized carbons (Fsp3) is 0.647. The van der Waals surface area contributed by atoms with Gasteiger partial charge in [-0.3, -0.25) is 0 Å². The van der Waals surface area contributed by atoms with Gasteiger partial charge in [0.1, 0.15) is 5.82 Å². The summed E-state index contributed by atoms with van der Waals surface area (Å²) in [6, 6.07) is 5.90. The molecule has 1 heterocycles. The Morgan fingerprint density at radius 3 is 2.48 bits per heavy atom. The molecule has 0 amide bonds. The van der Waals surface area contributed by atoms with Crippen molar-refractivity contribution in [3.63, 3.8) is 0 Å². The molecule has 0 saturated carbocycles. The first kappa shape index (κ1) is 16.2. The number of nitrogens with one attached hydrogen (secondary N) is 1. The van der Waals surface area contributed by atoms with Crippen molar-refractivity contribution in [2.24, 2.45) is 5.92 Å². The van der Waals surface area contributed by atoms with Crippen molar-refractivity contribution in [3.05, 3.63) is 29.6 Å². The van der Waals surface area contributed by atoms with Crippen LogP contribution < -0.4 is 10.2 Å². The van der Waals surface area contributed by atoms with Crippen LogP contribution in [-0.2, 0) is 6.54 Å². The highest BCUT2D eigenvalue weighted by Gasteiger charge is 2.24. The number of rotatable bonds is 5. The minimum Gasteiger partial charge on any atom is -0.393 e. The summed E-state index contributed by atoms with van der Waals surface area (Å²) in [5.74, 6) is 0.201. The van der Waals surface area contributed by atoms with E-state index in [9.17, 15) is 9.50 Å². The molecule has 0 spiro atoms. The number of halogens is 1. The molecule has 1 saturated heterocycles. The van der Waals surface area contributed by atoms with Gasteiger partial charge in [0, 0.05) is 25.7 Å². The van der Waals surface area contributed by atoms with Crippen LogP contribution in [0.4, 0.5) is 10.1 Å². The predicted molar refractivity (Wildman–Crippen MR) is 85.0 cm³/mol. The predicted octanol–water partition coefficient (Wildman–Crippen LogP) is 2.92. The van der Waals surface area contributed by atoms with Crippen LogP contribution in [0.1, 0.15) is 39.2 Å². The number of anilines is 1. The number of hydrogen-bond donors (Lipinski definition) is 2. The lowest BCUT2D eigenvalue weighted by atomic mass is 9.92.